The van der Waals surface area contributed by atoms with Crippen LogP contribution in [0.1, 0.15) is 5.69 Å². The van der Waals surface area contributed by atoms with Gasteiger partial charge >= 0.3 is 0 Å². The van der Waals surface area contributed by atoms with Crippen LogP contribution in [0.3, 0.4) is 0 Å². The Hall–Kier alpha value is -2.54. The van der Waals surface area contributed by atoms with Crippen molar-refractivity contribution < 1.29 is 18.1 Å². The van der Waals surface area contributed by atoms with Gasteiger partial charge in [-0.25, -0.2) is 8.78 Å². The van der Waals surface area contributed by atoms with Crippen molar-refractivity contribution in [2.24, 2.45) is 0 Å². The number of hydrogen-bond acceptors (Lipinski definition) is 4. The first-order chi connectivity index (χ1) is 10.6. The number of anilines is 1. The number of nitrogens with one attached hydrogen (secondary N) is 1. The highest BCUT2D eigenvalue weighted by molar-refractivity contribution is 7.13. The molecule has 3 rings (SSSR count). The van der Waals surface area contributed by atoms with E-state index in [2.05, 4.69) is 10.5 Å². The smallest absolute Gasteiger partial charge is 0.230 e. The zero-order valence-electron chi connectivity index (χ0n) is 11.2. The van der Waals surface area contributed by atoms with E-state index < -0.39 is 17.5 Å². The van der Waals surface area contributed by atoms with Crippen LogP contribution in [0.4, 0.5) is 14.5 Å². The summed E-state index contributed by atoms with van der Waals surface area (Å²) in [7, 11) is 0. The number of amides is 1. The van der Waals surface area contributed by atoms with Crippen molar-refractivity contribution in [3.8, 4) is 10.6 Å². The van der Waals surface area contributed by atoms with Crippen molar-refractivity contribution in [2.75, 3.05) is 5.32 Å². The highest BCUT2D eigenvalue weighted by Crippen LogP contribution is 2.25. The van der Waals surface area contributed by atoms with Crippen molar-refractivity contribution in [1.29, 1.82) is 0 Å². The molecule has 0 spiro atoms. The molecule has 1 aromatic carbocycles. The number of aromatic nitrogens is 1. The molecule has 0 saturated heterocycles. The summed E-state index contributed by atoms with van der Waals surface area (Å²) >= 11 is 1.49. The average molecular weight is 320 g/mol. The largest absolute Gasteiger partial charge is 0.355 e. The van der Waals surface area contributed by atoms with E-state index in [0.717, 1.165) is 23.1 Å². The quantitative estimate of drug-likeness (QED) is 0.794. The summed E-state index contributed by atoms with van der Waals surface area (Å²) in [6, 6.07) is 8.26. The van der Waals surface area contributed by atoms with Gasteiger partial charge in [0, 0.05) is 12.1 Å². The Balaban J connectivity index is 1.68. The van der Waals surface area contributed by atoms with Crippen LogP contribution in [0.15, 0.2) is 46.3 Å². The number of benzene rings is 1. The summed E-state index contributed by atoms with van der Waals surface area (Å²) in [6.45, 7) is 0. The fraction of sp³-hybridized carbons (Fsp3) is 0.0667. The Bertz CT molecular complexity index is 800. The van der Waals surface area contributed by atoms with E-state index in [1.54, 1.807) is 6.07 Å². The maximum atomic E-state index is 13.4. The van der Waals surface area contributed by atoms with Crippen molar-refractivity contribution in [1.82, 2.24) is 5.16 Å². The summed E-state index contributed by atoms with van der Waals surface area (Å²) in [5.74, 6) is -1.27. The topological polar surface area (TPSA) is 55.1 Å². The van der Waals surface area contributed by atoms with E-state index in [9.17, 15) is 13.6 Å². The van der Waals surface area contributed by atoms with Gasteiger partial charge in [0.15, 0.2) is 5.76 Å². The molecule has 1 amide bonds. The van der Waals surface area contributed by atoms with Crippen molar-refractivity contribution >= 4 is 22.9 Å². The number of thiophene rings is 1. The average Bonchev–Trinajstić information content (AvgIpc) is 3.13. The molecular formula is C15H10F2N2O2S. The lowest BCUT2D eigenvalue weighted by Crippen LogP contribution is -2.15. The first-order valence-corrected chi connectivity index (χ1v) is 7.24. The molecule has 7 heteroatoms. The van der Waals surface area contributed by atoms with Crippen LogP contribution in [0.2, 0.25) is 0 Å². The normalized spacial score (nSPS) is 10.6. The minimum Gasteiger partial charge on any atom is -0.355 e. The second-order valence-electron chi connectivity index (χ2n) is 4.51. The molecular weight excluding hydrogens is 310 g/mol. The maximum Gasteiger partial charge on any atom is 0.230 e. The zero-order valence-corrected chi connectivity index (χ0v) is 12.0. The number of carbonyl (C=O) groups is 1. The number of nitrogens with zero attached hydrogens (tertiary/aromatic N) is 1. The highest BCUT2D eigenvalue weighted by atomic mass is 32.1. The van der Waals surface area contributed by atoms with Crippen LogP contribution in [0, 0.1) is 11.6 Å². The molecule has 112 valence electrons. The Morgan fingerprint density at radius 3 is 2.91 bits per heavy atom. The summed E-state index contributed by atoms with van der Waals surface area (Å²) in [4.78, 5) is 12.8. The molecule has 1 N–H and O–H groups in total. The molecule has 0 atom stereocenters. The maximum absolute atomic E-state index is 13.4. The van der Waals surface area contributed by atoms with Gasteiger partial charge in [-0.05, 0) is 23.6 Å². The fourth-order valence-electron chi connectivity index (χ4n) is 1.88. The van der Waals surface area contributed by atoms with Crippen molar-refractivity contribution in [2.45, 2.75) is 6.42 Å². The van der Waals surface area contributed by atoms with Gasteiger partial charge in [-0.3, -0.25) is 4.79 Å². The summed E-state index contributed by atoms with van der Waals surface area (Å²) in [5.41, 5.74) is 0.213. The number of rotatable bonds is 4. The first-order valence-electron chi connectivity index (χ1n) is 6.36. The summed E-state index contributed by atoms with van der Waals surface area (Å²) < 4.78 is 31.6. The third-order valence-corrected chi connectivity index (χ3v) is 3.75. The Morgan fingerprint density at radius 2 is 2.14 bits per heavy atom. The second kappa shape index (κ2) is 6.07. The lowest BCUT2D eigenvalue weighted by molar-refractivity contribution is -0.115. The van der Waals surface area contributed by atoms with Crippen molar-refractivity contribution in [3.63, 3.8) is 0 Å². The predicted molar refractivity (Wildman–Crippen MR) is 78.5 cm³/mol. The number of carbonyl (C=O) groups excluding carboxylic acids is 1. The van der Waals surface area contributed by atoms with Crippen LogP contribution in [-0.4, -0.2) is 11.1 Å². The van der Waals surface area contributed by atoms with Crippen LogP contribution in [-0.2, 0) is 11.2 Å². The lowest BCUT2D eigenvalue weighted by atomic mass is 10.2. The number of halogens is 2. The Labute approximate surface area is 128 Å². The molecule has 4 nitrogen and oxygen atoms in total. The molecule has 0 saturated carbocycles. The van der Waals surface area contributed by atoms with Crippen LogP contribution < -0.4 is 5.32 Å². The third kappa shape index (κ3) is 3.20. The number of hydrogen-bond donors (Lipinski definition) is 1. The monoisotopic (exact) mass is 320 g/mol. The van der Waals surface area contributed by atoms with Gasteiger partial charge in [-0.15, -0.1) is 11.3 Å². The summed E-state index contributed by atoms with van der Waals surface area (Å²) in [6.07, 6.45) is -0.0924. The molecule has 0 aliphatic rings. The van der Waals surface area contributed by atoms with E-state index in [1.165, 1.54) is 11.3 Å². The SMILES string of the molecule is O=C(Cc1cc(-c2cccs2)on1)Nc1cc(F)ccc1F. The van der Waals surface area contributed by atoms with E-state index in [0.29, 0.717) is 11.5 Å². The standard InChI is InChI=1S/C15H10F2N2O2S/c16-9-3-4-11(17)12(6-9)18-15(20)8-10-7-13(21-19-10)14-2-1-5-22-14/h1-7H,8H2,(H,18,20). The van der Waals surface area contributed by atoms with E-state index >= 15 is 0 Å². The predicted octanol–water partition coefficient (Wildman–Crippen LogP) is 3.86. The molecule has 3 aromatic rings. The highest BCUT2D eigenvalue weighted by Gasteiger charge is 2.13. The molecule has 0 aliphatic carbocycles. The van der Waals surface area contributed by atoms with E-state index in [1.807, 2.05) is 17.5 Å². The minimum absolute atomic E-state index is 0.0924. The molecule has 0 fully saturated rings. The van der Waals surface area contributed by atoms with Crippen LogP contribution in [0.5, 0.6) is 0 Å². The van der Waals surface area contributed by atoms with Gasteiger partial charge in [0.1, 0.15) is 11.6 Å². The van der Waals surface area contributed by atoms with E-state index in [4.69, 9.17) is 4.52 Å². The molecule has 22 heavy (non-hydrogen) atoms. The van der Waals surface area contributed by atoms with Crippen molar-refractivity contribution in [3.05, 3.63) is 59.1 Å². The van der Waals surface area contributed by atoms with Gasteiger partial charge in [0.2, 0.25) is 5.91 Å². The Kier molecular flexibility index (Phi) is 3.97. The van der Waals surface area contributed by atoms with Gasteiger partial charge in [0.25, 0.3) is 0 Å². The molecule has 0 radical (unpaired) electrons. The second-order valence-corrected chi connectivity index (χ2v) is 5.46. The lowest BCUT2D eigenvalue weighted by Gasteiger charge is -2.05. The fourth-order valence-corrected chi connectivity index (χ4v) is 2.56. The minimum atomic E-state index is -0.700. The van der Waals surface area contributed by atoms with Gasteiger partial charge < -0.3 is 9.84 Å². The molecule has 2 aromatic heterocycles. The molecule has 2 heterocycles. The van der Waals surface area contributed by atoms with E-state index in [-0.39, 0.29) is 12.1 Å². The first kappa shape index (κ1) is 14.4. The van der Waals surface area contributed by atoms with Gasteiger partial charge in [-0.2, -0.15) is 0 Å². The molecule has 0 bridgehead atoms. The molecule has 0 unspecified atom stereocenters. The van der Waals surface area contributed by atoms with Gasteiger partial charge in [-0.1, -0.05) is 11.2 Å². The van der Waals surface area contributed by atoms with Gasteiger partial charge in [0.05, 0.1) is 22.7 Å². The third-order valence-electron chi connectivity index (χ3n) is 2.87. The zero-order chi connectivity index (χ0) is 15.5. The summed E-state index contributed by atoms with van der Waals surface area (Å²) in [5, 5.41) is 8.01. The Morgan fingerprint density at radius 1 is 1.27 bits per heavy atom. The van der Waals surface area contributed by atoms with Crippen LogP contribution >= 0.6 is 11.3 Å². The van der Waals surface area contributed by atoms with Crippen LogP contribution in [0.25, 0.3) is 10.6 Å². The molecule has 0 aliphatic heterocycles.